The van der Waals surface area contributed by atoms with Gasteiger partial charge in [0.25, 0.3) is 0 Å². The number of hydrogen-bond acceptors (Lipinski definition) is 3. The van der Waals surface area contributed by atoms with E-state index in [0.717, 1.165) is 13.0 Å². The van der Waals surface area contributed by atoms with Crippen LogP contribution < -0.4 is 5.32 Å². The van der Waals surface area contributed by atoms with Crippen LogP contribution in [0.3, 0.4) is 0 Å². The number of benzene rings is 1. The van der Waals surface area contributed by atoms with E-state index >= 15 is 0 Å². The van der Waals surface area contributed by atoms with E-state index in [1.54, 1.807) is 11.3 Å². The van der Waals surface area contributed by atoms with Gasteiger partial charge in [0.2, 0.25) is 0 Å². The Bertz CT molecular complexity index is 584. The standard InChI is InChI=1S/C15H14FNOS/c16-12-5-3-10(4-6-12)15(18)11-8-14(19-9-11)13-2-1-7-17-13/h3-6,8-9,13,17H,1-2,7H2/t13-/m0/s1. The normalized spacial score (nSPS) is 18.7. The molecule has 0 bridgehead atoms. The first-order chi connectivity index (χ1) is 9.24. The third-order valence-corrected chi connectivity index (χ3v) is 4.44. The molecule has 0 amide bonds. The number of hydrogen-bond donors (Lipinski definition) is 1. The Morgan fingerprint density at radius 1 is 1.26 bits per heavy atom. The molecule has 1 aromatic heterocycles. The van der Waals surface area contributed by atoms with Gasteiger partial charge in [-0.3, -0.25) is 4.79 Å². The molecule has 0 aliphatic carbocycles. The summed E-state index contributed by atoms with van der Waals surface area (Å²) in [7, 11) is 0. The van der Waals surface area contributed by atoms with Crippen LogP contribution in [0.15, 0.2) is 35.7 Å². The van der Waals surface area contributed by atoms with Crippen molar-refractivity contribution in [2.75, 3.05) is 6.54 Å². The first-order valence-corrected chi connectivity index (χ1v) is 7.24. The molecule has 0 spiro atoms. The molecule has 98 valence electrons. The lowest BCUT2D eigenvalue weighted by molar-refractivity contribution is 0.103. The zero-order chi connectivity index (χ0) is 13.2. The van der Waals surface area contributed by atoms with E-state index in [1.807, 2.05) is 11.4 Å². The quantitative estimate of drug-likeness (QED) is 0.868. The molecular weight excluding hydrogens is 261 g/mol. The predicted octanol–water partition coefficient (Wildman–Crippen LogP) is 3.54. The highest BCUT2D eigenvalue weighted by Crippen LogP contribution is 2.29. The molecule has 0 saturated carbocycles. The molecule has 1 saturated heterocycles. The van der Waals surface area contributed by atoms with Crippen LogP contribution in [0.2, 0.25) is 0 Å². The minimum atomic E-state index is -0.322. The Kier molecular flexibility index (Phi) is 3.44. The Labute approximate surface area is 115 Å². The van der Waals surface area contributed by atoms with Crippen LogP contribution in [0.1, 0.15) is 39.7 Å². The second-order valence-electron chi connectivity index (χ2n) is 4.72. The molecule has 2 nitrogen and oxygen atoms in total. The first kappa shape index (κ1) is 12.5. The highest BCUT2D eigenvalue weighted by Gasteiger charge is 2.19. The van der Waals surface area contributed by atoms with Gasteiger partial charge in [0.15, 0.2) is 5.78 Å². The summed E-state index contributed by atoms with van der Waals surface area (Å²) in [5, 5.41) is 5.31. The van der Waals surface area contributed by atoms with Crippen molar-refractivity contribution in [2.45, 2.75) is 18.9 Å². The summed E-state index contributed by atoms with van der Waals surface area (Å²) in [6, 6.07) is 8.04. The maximum Gasteiger partial charge on any atom is 0.193 e. The molecule has 1 N–H and O–H groups in total. The van der Waals surface area contributed by atoms with Crippen molar-refractivity contribution in [3.63, 3.8) is 0 Å². The summed E-state index contributed by atoms with van der Waals surface area (Å²) in [4.78, 5) is 13.5. The van der Waals surface area contributed by atoms with Gasteiger partial charge in [-0.05, 0) is 49.7 Å². The molecule has 1 aliphatic rings. The summed E-state index contributed by atoms with van der Waals surface area (Å²) in [5.41, 5.74) is 1.23. The van der Waals surface area contributed by atoms with Gasteiger partial charge in [0, 0.05) is 27.4 Å². The second kappa shape index (κ2) is 5.23. The summed E-state index contributed by atoms with van der Waals surface area (Å²) >= 11 is 1.62. The fraction of sp³-hybridized carbons (Fsp3) is 0.267. The summed E-state index contributed by atoms with van der Waals surface area (Å²) in [6.45, 7) is 1.05. The minimum Gasteiger partial charge on any atom is -0.309 e. The molecule has 1 fully saturated rings. The zero-order valence-electron chi connectivity index (χ0n) is 10.4. The van der Waals surface area contributed by atoms with Crippen LogP contribution >= 0.6 is 11.3 Å². The molecule has 1 atom stereocenters. The average Bonchev–Trinajstić information content (AvgIpc) is 3.10. The summed E-state index contributed by atoms with van der Waals surface area (Å²) in [5.74, 6) is -0.363. The Morgan fingerprint density at radius 2 is 2.05 bits per heavy atom. The molecule has 2 heterocycles. The number of ketones is 1. The van der Waals surface area contributed by atoms with Gasteiger partial charge in [0.05, 0.1) is 0 Å². The van der Waals surface area contributed by atoms with Gasteiger partial charge in [-0.1, -0.05) is 0 Å². The lowest BCUT2D eigenvalue weighted by atomic mass is 10.0. The molecule has 1 aliphatic heterocycles. The lowest BCUT2D eigenvalue weighted by Gasteiger charge is -2.05. The van der Waals surface area contributed by atoms with Crippen molar-refractivity contribution in [3.05, 3.63) is 57.5 Å². The van der Waals surface area contributed by atoms with Crippen LogP contribution in [-0.2, 0) is 0 Å². The first-order valence-electron chi connectivity index (χ1n) is 6.36. The van der Waals surface area contributed by atoms with Crippen molar-refractivity contribution in [2.24, 2.45) is 0 Å². The number of carbonyl (C=O) groups is 1. The van der Waals surface area contributed by atoms with Gasteiger partial charge < -0.3 is 5.32 Å². The maximum atomic E-state index is 12.8. The molecule has 3 rings (SSSR count). The number of halogens is 1. The number of thiophene rings is 1. The Morgan fingerprint density at radius 3 is 2.74 bits per heavy atom. The van der Waals surface area contributed by atoms with Crippen molar-refractivity contribution in [1.82, 2.24) is 5.32 Å². The number of carbonyl (C=O) groups excluding carboxylic acids is 1. The third-order valence-electron chi connectivity index (χ3n) is 3.39. The van der Waals surface area contributed by atoms with Crippen molar-refractivity contribution in [3.8, 4) is 0 Å². The molecule has 1 aromatic carbocycles. The molecule has 19 heavy (non-hydrogen) atoms. The molecule has 0 unspecified atom stereocenters. The summed E-state index contributed by atoms with van der Waals surface area (Å²) < 4.78 is 12.8. The van der Waals surface area contributed by atoms with Gasteiger partial charge in [-0.15, -0.1) is 11.3 Å². The number of rotatable bonds is 3. The zero-order valence-corrected chi connectivity index (χ0v) is 11.2. The van der Waals surface area contributed by atoms with Gasteiger partial charge in [-0.2, -0.15) is 0 Å². The largest absolute Gasteiger partial charge is 0.309 e. The molecule has 0 radical (unpaired) electrons. The van der Waals surface area contributed by atoms with Crippen LogP contribution in [0.5, 0.6) is 0 Å². The lowest BCUT2D eigenvalue weighted by Crippen LogP contribution is -2.11. The fourth-order valence-corrected chi connectivity index (χ4v) is 3.35. The van der Waals surface area contributed by atoms with Crippen LogP contribution in [0.25, 0.3) is 0 Å². The topological polar surface area (TPSA) is 29.1 Å². The van der Waals surface area contributed by atoms with Gasteiger partial charge >= 0.3 is 0 Å². The van der Waals surface area contributed by atoms with E-state index in [2.05, 4.69) is 5.32 Å². The highest BCUT2D eigenvalue weighted by molar-refractivity contribution is 7.10. The number of nitrogens with one attached hydrogen (secondary N) is 1. The highest BCUT2D eigenvalue weighted by atomic mass is 32.1. The van der Waals surface area contributed by atoms with E-state index in [0.29, 0.717) is 17.2 Å². The van der Waals surface area contributed by atoms with Crippen LogP contribution in [-0.4, -0.2) is 12.3 Å². The van der Waals surface area contributed by atoms with Crippen molar-refractivity contribution < 1.29 is 9.18 Å². The monoisotopic (exact) mass is 275 g/mol. The van der Waals surface area contributed by atoms with E-state index in [-0.39, 0.29) is 11.6 Å². The van der Waals surface area contributed by atoms with E-state index in [4.69, 9.17) is 0 Å². The summed E-state index contributed by atoms with van der Waals surface area (Å²) in [6.07, 6.45) is 2.31. The van der Waals surface area contributed by atoms with Crippen LogP contribution in [0.4, 0.5) is 4.39 Å². The Hall–Kier alpha value is -1.52. The van der Waals surface area contributed by atoms with Crippen LogP contribution in [0, 0.1) is 5.82 Å². The van der Waals surface area contributed by atoms with Gasteiger partial charge in [0.1, 0.15) is 5.82 Å². The minimum absolute atomic E-state index is 0.0412. The van der Waals surface area contributed by atoms with Crippen molar-refractivity contribution >= 4 is 17.1 Å². The molecular formula is C15H14FNOS. The van der Waals surface area contributed by atoms with E-state index < -0.39 is 0 Å². The van der Waals surface area contributed by atoms with E-state index in [9.17, 15) is 9.18 Å². The maximum absolute atomic E-state index is 12.8. The third kappa shape index (κ3) is 2.60. The fourth-order valence-electron chi connectivity index (χ4n) is 2.35. The molecule has 4 heteroatoms. The Balaban J connectivity index is 1.82. The van der Waals surface area contributed by atoms with E-state index in [1.165, 1.54) is 35.6 Å². The second-order valence-corrected chi connectivity index (χ2v) is 5.67. The average molecular weight is 275 g/mol. The SMILES string of the molecule is O=C(c1ccc(F)cc1)c1csc([C@@H]2CCCN2)c1. The predicted molar refractivity (Wildman–Crippen MR) is 74.1 cm³/mol. The smallest absolute Gasteiger partial charge is 0.193 e. The van der Waals surface area contributed by atoms with Crippen molar-refractivity contribution in [1.29, 1.82) is 0 Å². The van der Waals surface area contributed by atoms with Gasteiger partial charge in [-0.25, -0.2) is 4.39 Å². The molecule has 2 aromatic rings.